The molecule has 0 aliphatic carbocycles. The van der Waals surface area contributed by atoms with Crippen LogP contribution in [0, 0.1) is 0 Å². The third-order valence-corrected chi connectivity index (χ3v) is 5.84. The number of halogens is 1. The lowest BCUT2D eigenvalue weighted by Gasteiger charge is -2.27. The zero-order valence-corrected chi connectivity index (χ0v) is 16.4. The molecule has 2 amide bonds. The number of carbonyl (C=O) groups is 1. The van der Waals surface area contributed by atoms with Gasteiger partial charge in [0.05, 0.1) is 23.6 Å². The Morgan fingerprint density at radius 1 is 1.23 bits per heavy atom. The van der Waals surface area contributed by atoms with Crippen LogP contribution < -0.4 is 10.6 Å². The van der Waals surface area contributed by atoms with Gasteiger partial charge in [0.1, 0.15) is 0 Å². The molecule has 1 aromatic heterocycles. The minimum absolute atomic E-state index is 0.0731. The Hall–Kier alpha value is -1.60. The molecule has 5 nitrogen and oxygen atoms in total. The Kier molecular flexibility index (Phi) is 6.91. The second-order valence-corrected chi connectivity index (χ2v) is 8.09. The van der Waals surface area contributed by atoms with Crippen molar-refractivity contribution < 1.29 is 9.53 Å². The van der Waals surface area contributed by atoms with Gasteiger partial charge in [-0.15, -0.1) is 11.3 Å². The molecule has 0 spiro atoms. The van der Waals surface area contributed by atoms with Gasteiger partial charge in [0.25, 0.3) is 0 Å². The monoisotopic (exact) mass is 393 g/mol. The molecule has 1 saturated heterocycles. The molecule has 7 heteroatoms. The Morgan fingerprint density at radius 3 is 2.65 bits per heavy atom. The minimum atomic E-state index is -0.178. The van der Waals surface area contributed by atoms with Gasteiger partial charge in [-0.3, -0.25) is 4.90 Å². The Balaban J connectivity index is 1.53. The summed E-state index contributed by atoms with van der Waals surface area (Å²) in [7, 11) is 0. The van der Waals surface area contributed by atoms with Gasteiger partial charge in [-0.1, -0.05) is 35.9 Å². The van der Waals surface area contributed by atoms with Crippen molar-refractivity contribution in [2.45, 2.75) is 26.1 Å². The number of hydrogen-bond donors (Lipinski definition) is 2. The summed E-state index contributed by atoms with van der Waals surface area (Å²) in [6.45, 7) is 6.80. The van der Waals surface area contributed by atoms with E-state index in [-0.39, 0.29) is 12.1 Å². The fraction of sp³-hybridized carbons (Fsp3) is 0.421. The molecule has 0 saturated carbocycles. The number of thiophene rings is 1. The van der Waals surface area contributed by atoms with Crippen molar-refractivity contribution >= 4 is 29.0 Å². The van der Waals surface area contributed by atoms with E-state index in [1.807, 2.05) is 31.2 Å². The van der Waals surface area contributed by atoms with E-state index in [0.29, 0.717) is 6.54 Å². The summed E-state index contributed by atoms with van der Waals surface area (Å²) >= 11 is 7.44. The molecule has 3 rings (SSSR count). The van der Waals surface area contributed by atoms with Crippen LogP contribution in [0.2, 0.25) is 4.34 Å². The van der Waals surface area contributed by atoms with Crippen LogP contribution >= 0.6 is 22.9 Å². The number of rotatable bonds is 6. The number of morpholine rings is 1. The second kappa shape index (κ2) is 9.37. The number of amides is 2. The Morgan fingerprint density at radius 2 is 1.96 bits per heavy atom. The van der Waals surface area contributed by atoms with Crippen LogP contribution in [0.1, 0.15) is 29.0 Å². The minimum Gasteiger partial charge on any atom is -0.379 e. The summed E-state index contributed by atoms with van der Waals surface area (Å²) in [6, 6.07) is 11.8. The smallest absolute Gasteiger partial charge is 0.315 e. The lowest BCUT2D eigenvalue weighted by molar-refractivity contribution is 0.0341. The van der Waals surface area contributed by atoms with Crippen LogP contribution in [0.15, 0.2) is 36.4 Å². The van der Waals surface area contributed by atoms with Crippen LogP contribution in [0.5, 0.6) is 0 Å². The van der Waals surface area contributed by atoms with Gasteiger partial charge in [0.15, 0.2) is 0 Å². The maximum Gasteiger partial charge on any atom is 0.315 e. The van der Waals surface area contributed by atoms with Crippen molar-refractivity contribution in [3.05, 3.63) is 56.7 Å². The van der Waals surface area contributed by atoms with Crippen LogP contribution in [0.4, 0.5) is 4.79 Å². The molecule has 2 aromatic rings. The van der Waals surface area contributed by atoms with Crippen molar-refractivity contribution in [1.82, 2.24) is 15.5 Å². The van der Waals surface area contributed by atoms with Crippen LogP contribution in [0.3, 0.4) is 0 Å². The highest BCUT2D eigenvalue weighted by atomic mass is 35.5. The van der Waals surface area contributed by atoms with Crippen molar-refractivity contribution in [2.24, 2.45) is 0 Å². The summed E-state index contributed by atoms with van der Waals surface area (Å²) in [4.78, 5) is 15.7. The fourth-order valence-electron chi connectivity index (χ4n) is 2.94. The molecule has 0 radical (unpaired) electrons. The molecule has 1 aliphatic heterocycles. The Labute approximate surface area is 163 Å². The van der Waals surface area contributed by atoms with E-state index in [1.165, 1.54) is 16.9 Å². The predicted octanol–water partition coefficient (Wildman–Crippen LogP) is 3.79. The second-order valence-electron chi connectivity index (χ2n) is 6.35. The number of nitrogens with zero attached hydrogens (tertiary/aromatic N) is 1. The van der Waals surface area contributed by atoms with Gasteiger partial charge in [-0.05, 0) is 30.2 Å². The van der Waals surface area contributed by atoms with E-state index < -0.39 is 0 Å². The zero-order chi connectivity index (χ0) is 18.4. The van der Waals surface area contributed by atoms with E-state index in [0.717, 1.165) is 47.6 Å². The number of benzene rings is 1. The largest absolute Gasteiger partial charge is 0.379 e. The SMILES string of the molecule is CC(NC(=O)NCc1ccccc1CN1CCOCC1)c1ccc(Cl)s1. The molecule has 1 fully saturated rings. The van der Waals surface area contributed by atoms with Gasteiger partial charge in [0.2, 0.25) is 0 Å². The number of ether oxygens (including phenoxy) is 1. The van der Waals surface area contributed by atoms with Crippen molar-refractivity contribution in [3.63, 3.8) is 0 Å². The molecule has 0 bridgehead atoms. The van der Waals surface area contributed by atoms with Gasteiger partial charge >= 0.3 is 6.03 Å². The molecule has 2 heterocycles. The van der Waals surface area contributed by atoms with E-state index in [2.05, 4.69) is 27.7 Å². The lowest BCUT2D eigenvalue weighted by Crippen LogP contribution is -2.37. The zero-order valence-electron chi connectivity index (χ0n) is 14.8. The average molecular weight is 394 g/mol. The van der Waals surface area contributed by atoms with Crippen molar-refractivity contribution in [2.75, 3.05) is 26.3 Å². The maximum absolute atomic E-state index is 12.2. The molecule has 1 aliphatic rings. The molecule has 2 N–H and O–H groups in total. The highest BCUT2D eigenvalue weighted by Gasteiger charge is 2.14. The van der Waals surface area contributed by atoms with E-state index in [4.69, 9.17) is 16.3 Å². The van der Waals surface area contributed by atoms with Gasteiger partial charge in [0, 0.05) is 31.1 Å². The summed E-state index contributed by atoms with van der Waals surface area (Å²) in [5.74, 6) is 0. The highest BCUT2D eigenvalue weighted by molar-refractivity contribution is 7.16. The van der Waals surface area contributed by atoms with Crippen molar-refractivity contribution in [3.8, 4) is 0 Å². The van der Waals surface area contributed by atoms with Crippen LogP contribution in [0.25, 0.3) is 0 Å². The molecule has 140 valence electrons. The first-order valence-corrected chi connectivity index (χ1v) is 9.98. The summed E-state index contributed by atoms with van der Waals surface area (Å²) in [5.41, 5.74) is 2.38. The third kappa shape index (κ3) is 5.45. The third-order valence-electron chi connectivity index (χ3n) is 4.42. The maximum atomic E-state index is 12.2. The molecular formula is C19H24ClN3O2S. The normalized spacial score (nSPS) is 16.2. The van der Waals surface area contributed by atoms with E-state index >= 15 is 0 Å². The number of carbonyl (C=O) groups excluding carboxylic acids is 1. The topological polar surface area (TPSA) is 53.6 Å². The quantitative estimate of drug-likeness (QED) is 0.784. The molecule has 1 atom stereocenters. The molecular weight excluding hydrogens is 370 g/mol. The predicted molar refractivity (Wildman–Crippen MR) is 106 cm³/mol. The first-order chi connectivity index (χ1) is 12.6. The van der Waals surface area contributed by atoms with Gasteiger partial charge < -0.3 is 15.4 Å². The molecule has 1 unspecified atom stereocenters. The molecule has 26 heavy (non-hydrogen) atoms. The summed E-state index contributed by atoms with van der Waals surface area (Å²) in [6.07, 6.45) is 0. The number of hydrogen-bond acceptors (Lipinski definition) is 4. The first-order valence-electron chi connectivity index (χ1n) is 8.78. The van der Waals surface area contributed by atoms with Crippen molar-refractivity contribution in [1.29, 1.82) is 0 Å². The number of urea groups is 1. The standard InChI is InChI=1S/C19H24ClN3O2S/c1-14(17-6-7-18(20)26-17)22-19(24)21-12-15-4-2-3-5-16(15)13-23-8-10-25-11-9-23/h2-7,14H,8-13H2,1H3,(H2,21,22,24). The summed E-state index contributed by atoms with van der Waals surface area (Å²) in [5, 5.41) is 5.92. The van der Waals surface area contributed by atoms with E-state index in [9.17, 15) is 4.79 Å². The van der Waals surface area contributed by atoms with Gasteiger partial charge in [-0.2, -0.15) is 0 Å². The van der Waals surface area contributed by atoms with Crippen LogP contribution in [-0.2, 0) is 17.8 Å². The van der Waals surface area contributed by atoms with E-state index in [1.54, 1.807) is 0 Å². The van der Waals surface area contributed by atoms with Gasteiger partial charge in [-0.25, -0.2) is 4.79 Å². The first kappa shape index (κ1) is 19.2. The average Bonchev–Trinajstić information content (AvgIpc) is 3.08. The molecule has 1 aromatic carbocycles. The lowest BCUT2D eigenvalue weighted by atomic mass is 10.1. The highest BCUT2D eigenvalue weighted by Crippen LogP contribution is 2.26. The van der Waals surface area contributed by atoms with Crippen LogP contribution in [-0.4, -0.2) is 37.2 Å². The summed E-state index contributed by atoms with van der Waals surface area (Å²) < 4.78 is 6.14. The fourth-order valence-corrected chi connectivity index (χ4v) is 4.00. The Bertz CT molecular complexity index is 731. The number of nitrogens with one attached hydrogen (secondary N) is 2.